The molecule has 0 atom stereocenters. The molecule has 13 heteroatoms. The summed E-state index contributed by atoms with van der Waals surface area (Å²) in [5.74, 6) is 0. The number of nitrogens with zero attached hydrogens (tertiary/aromatic N) is 2. The van der Waals surface area contributed by atoms with Crippen molar-refractivity contribution in [3.05, 3.63) is 25.4 Å². The van der Waals surface area contributed by atoms with Crippen LogP contribution in [0, 0.1) is 25.4 Å². The summed E-state index contributed by atoms with van der Waals surface area (Å²) in [6, 6.07) is 0. The van der Waals surface area contributed by atoms with E-state index in [0.29, 0.717) is 0 Å². The lowest BCUT2D eigenvalue weighted by Gasteiger charge is -2.36. The van der Waals surface area contributed by atoms with Crippen LogP contribution in [0.5, 0.6) is 0 Å². The van der Waals surface area contributed by atoms with E-state index in [1.807, 2.05) is 0 Å². The highest BCUT2D eigenvalue weighted by atomic mass is 35.5. The first-order valence-corrected chi connectivity index (χ1v) is 3.10. The number of phosphoric acid groups is 1. The third-order valence-corrected chi connectivity index (χ3v) is 0. The Morgan fingerprint density at radius 1 is 1.15 bits per heavy atom. The van der Waals surface area contributed by atoms with Gasteiger partial charge < -0.3 is 57.1 Å². The average Bonchev–Trinajstić information content (AvgIpc) is 1.56. The van der Waals surface area contributed by atoms with Crippen molar-refractivity contribution < 1.29 is 36.7 Å². The minimum absolute atomic E-state index is 0. The maximum atomic E-state index is 8.55. The van der Waals surface area contributed by atoms with Crippen molar-refractivity contribution in [3.8, 4) is 0 Å². The molecule has 11 nitrogen and oxygen atoms in total. The van der Waals surface area contributed by atoms with Gasteiger partial charge in [-0.05, 0) is 0 Å². The average molecular weight is 238 g/mol. The Hall–Kier alpha value is -1.000. The van der Waals surface area contributed by atoms with Crippen molar-refractivity contribution in [2.24, 2.45) is 5.34 Å². The second-order valence-corrected chi connectivity index (χ2v) is 1.64. The molecule has 0 aliphatic carbocycles. The molecule has 0 radical (unpaired) electrons. The van der Waals surface area contributed by atoms with Crippen LogP contribution in [0.25, 0.3) is 0 Å². The lowest BCUT2D eigenvalue weighted by Crippen LogP contribution is -3.00. The van der Waals surface area contributed by atoms with Crippen LogP contribution in [0.1, 0.15) is 0 Å². The summed E-state index contributed by atoms with van der Waals surface area (Å²) in [5.41, 5.74) is 0. The highest BCUT2D eigenvalue weighted by molar-refractivity contribution is 7.40. The van der Waals surface area contributed by atoms with E-state index in [0.717, 1.165) is 5.34 Å². The second kappa shape index (κ2) is 13.6. The fourth-order valence-corrected chi connectivity index (χ4v) is 0. The quantitative estimate of drug-likeness (QED) is 0.170. The number of hydrogen-bond acceptors (Lipinski definition) is 10. The maximum absolute atomic E-state index is 8.55. The SMILES string of the molecule is O=N[O-].O=P([O-])([O-])[O-].O=[N+]([O-])[O-].[Cl-]. The zero-order valence-electron chi connectivity index (χ0n) is 5.39. The lowest BCUT2D eigenvalue weighted by molar-refractivity contribution is -0.432. The van der Waals surface area contributed by atoms with E-state index < -0.39 is 12.9 Å². The molecular formula is ClN2O9P-6. The second-order valence-electron chi connectivity index (χ2n) is 0.745. The van der Waals surface area contributed by atoms with Gasteiger partial charge in [0.2, 0.25) is 0 Å². The normalized spacial score (nSPS) is 7.31. The maximum Gasteiger partial charge on any atom is 0.0689 e. The van der Waals surface area contributed by atoms with Crippen molar-refractivity contribution >= 4 is 7.82 Å². The largest absolute Gasteiger partial charge is 1.00 e. The first-order valence-electron chi connectivity index (χ1n) is 1.64. The van der Waals surface area contributed by atoms with E-state index in [2.05, 4.69) is 0 Å². The van der Waals surface area contributed by atoms with Crippen LogP contribution in [0.2, 0.25) is 0 Å². The summed E-state index contributed by atoms with van der Waals surface area (Å²) in [4.78, 5) is 41.9. The molecule has 0 aromatic rings. The van der Waals surface area contributed by atoms with Crippen molar-refractivity contribution in [3.63, 3.8) is 0 Å². The molecule has 0 fully saturated rings. The van der Waals surface area contributed by atoms with Gasteiger partial charge in [-0.25, -0.2) is 0 Å². The standard InChI is InChI=1S/ClH.NO3.HNO2.H3O4P/c;2-1(3)4;2-1-3;1-5(2,3)4/h1H;;(H,2,3);(H3,1,2,3,4)/q;-1;;/p-5. The molecule has 13 heavy (non-hydrogen) atoms. The highest BCUT2D eigenvalue weighted by Crippen LogP contribution is 2.03. The van der Waals surface area contributed by atoms with E-state index in [9.17, 15) is 0 Å². The lowest BCUT2D eigenvalue weighted by atomic mass is 13.1. The van der Waals surface area contributed by atoms with Crippen LogP contribution >= 0.6 is 7.82 Å². The monoisotopic (exact) mass is 238 g/mol. The molecule has 82 valence electrons. The van der Waals surface area contributed by atoms with Crippen molar-refractivity contribution in [2.45, 2.75) is 0 Å². The zero-order valence-corrected chi connectivity index (χ0v) is 7.04. The van der Waals surface area contributed by atoms with Gasteiger partial charge in [-0.3, -0.25) is 0 Å². The van der Waals surface area contributed by atoms with Crippen molar-refractivity contribution in [1.29, 1.82) is 0 Å². The van der Waals surface area contributed by atoms with Crippen LogP contribution in [-0.4, -0.2) is 5.09 Å². The molecule has 0 aromatic carbocycles. The van der Waals surface area contributed by atoms with Crippen LogP contribution in [0.4, 0.5) is 0 Å². The van der Waals surface area contributed by atoms with E-state index in [4.69, 9.17) is 44.7 Å². The fourth-order valence-electron chi connectivity index (χ4n) is 0. The molecule has 0 heterocycles. The Morgan fingerprint density at radius 2 is 1.15 bits per heavy atom. The Bertz CT molecular complexity index is 149. The molecule has 0 spiro atoms. The third-order valence-electron chi connectivity index (χ3n) is 0. The Morgan fingerprint density at radius 3 is 1.15 bits per heavy atom. The van der Waals surface area contributed by atoms with E-state index in [1.54, 1.807) is 0 Å². The minimum Gasteiger partial charge on any atom is -1.00 e. The Balaban J connectivity index is -0.0000000465. The van der Waals surface area contributed by atoms with Gasteiger partial charge in [0.1, 0.15) is 0 Å². The van der Waals surface area contributed by atoms with Crippen LogP contribution < -0.4 is 27.1 Å². The predicted octanol–water partition coefficient (Wildman–Crippen LogP) is -5.81. The molecule has 0 aliphatic rings. The van der Waals surface area contributed by atoms with Crippen LogP contribution in [0.3, 0.4) is 0 Å². The zero-order chi connectivity index (χ0) is 10.8. The molecule has 0 aromatic heterocycles. The molecule has 0 rings (SSSR count). The van der Waals surface area contributed by atoms with Gasteiger partial charge in [0.15, 0.2) is 0 Å². The summed E-state index contributed by atoms with van der Waals surface area (Å²) in [5, 5.41) is 23.8. The van der Waals surface area contributed by atoms with Gasteiger partial charge in [-0.15, -0.1) is 5.34 Å². The van der Waals surface area contributed by atoms with Gasteiger partial charge >= 0.3 is 0 Å². The summed E-state index contributed by atoms with van der Waals surface area (Å²) in [7, 11) is -5.39. The van der Waals surface area contributed by atoms with Crippen LogP contribution in [0.15, 0.2) is 5.34 Å². The fraction of sp³-hybridized carbons (Fsp3) is 0. The first-order chi connectivity index (χ1) is 5.15. The molecule has 0 unspecified atom stereocenters. The van der Waals surface area contributed by atoms with E-state index in [1.165, 1.54) is 0 Å². The van der Waals surface area contributed by atoms with Gasteiger partial charge in [-0.1, -0.05) is 0 Å². The van der Waals surface area contributed by atoms with Crippen molar-refractivity contribution in [1.82, 2.24) is 0 Å². The summed E-state index contributed by atoms with van der Waals surface area (Å²) in [6.07, 6.45) is 0. The number of halogens is 1. The third kappa shape index (κ3) is 891. The van der Waals surface area contributed by atoms with Gasteiger partial charge in [-0.2, -0.15) is 7.82 Å². The smallest absolute Gasteiger partial charge is 0.0689 e. The molecule has 0 amide bonds. The van der Waals surface area contributed by atoms with Gasteiger partial charge in [0.25, 0.3) is 0 Å². The van der Waals surface area contributed by atoms with Crippen LogP contribution in [-0.2, 0) is 4.57 Å². The van der Waals surface area contributed by atoms with E-state index in [-0.39, 0.29) is 12.4 Å². The summed E-state index contributed by atoms with van der Waals surface area (Å²) >= 11 is 0. The molecule has 0 N–H and O–H groups in total. The predicted molar refractivity (Wildman–Crippen MR) is 27.1 cm³/mol. The molecule has 0 saturated heterocycles. The Labute approximate surface area is 76.3 Å². The Kier molecular flexibility index (Phi) is 23.7. The van der Waals surface area contributed by atoms with Gasteiger partial charge in [0.05, 0.1) is 5.09 Å². The van der Waals surface area contributed by atoms with Gasteiger partial charge in [0, 0.05) is 0 Å². The summed E-state index contributed by atoms with van der Waals surface area (Å²) in [6.45, 7) is 0. The molecular weight excluding hydrogens is 238 g/mol. The summed E-state index contributed by atoms with van der Waals surface area (Å²) < 4.78 is 8.55. The molecule has 0 saturated carbocycles. The molecule has 0 aliphatic heterocycles. The number of rotatable bonds is 0. The minimum atomic E-state index is -5.39. The topological polar surface area (TPSA) is 205 Å². The van der Waals surface area contributed by atoms with Crippen molar-refractivity contribution in [2.75, 3.05) is 0 Å². The highest BCUT2D eigenvalue weighted by Gasteiger charge is 1.45. The first kappa shape index (κ1) is 22.7. The van der Waals surface area contributed by atoms with E-state index >= 15 is 0 Å². The number of hydrogen-bond donors (Lipinski definition) is 0. The molecule has 0 bridgehead atoms.